The molecule has 0 N–H and O–H groups in total. The summed E-state index contributed by atoms with van der Waals surface area (Å²) < 4.78 is 11.2. The molecule has 0 saturated heterocycles. The van der Waals surface area contributed by atoms with E-state index < -0.39 is 0 Å². The van der Waals surface area contributed by atoms with Gasteiger partial charge in [-0.1, -0.05) is 0 Å². The van der Waals surface area contributed by atoms with Crippen molar-refractivity contribution in [3.63, 3.8) is 0 Å². The van der Waals surface area contributed by atoms with E-state index >= 15 is 0 Å². The summed E-state index contributed by atoms with van der Waals surface area (Å²) in [6.07, 6.45) is 2.46. The molecule has 0 aliphatic rings. The molecule has 0 saturated carbocycles. The summed E-state index contributed by atoms with van der Waals surface area (Å²) in [5.74, 6) is 0.980. The van der Waals surface area contributed by atoms with E-state index in [0.29, 0.717) is 30.4 Å². The summed E-state index contributed by atoms with van der Waals surface area (Å²) in [7, 11) is 1.84. The van der Waals surface area contributed by atoms with Gasteiger partial charge >= 0.3 is 0 Å². The highest BCUT2D eigenvalue weighted by atomic mass is 79.9. The van der Waals surface area contributed by atoms with Crippen LogP contribution in [0.3, 0.4) is 0 Å². The second-order valence-electron chi connectivity index (χ2n) is 4.96. The Morgan fingerprint density at radius 1 is 1.18 bits per heavy atom. The van der Waals surface area contributed by atoms with Crippen LogP contribution in [0, 0.1) is 13.8 Å². The van der Waals surface area contributed by atoms with Gasteiger partial charge in [0.2, 0.25) is 5.89 Å². The molecule has 0 fully saturated rings. The molecule has 0 unspecified atom stereocenters. The lowest BCUT2D eigenvalue weighted by atomic mass is 10.4. The fourth-order valence-electron chi connectivity index (χ4n) is 2.15. The molecule has 0 amide bonds. The number of aryl methyl sites for hydroxylation is 4. The van der Waals surface area contributed by atoms with Crippen LogP contribution < -0.4 is 0 Å². The lowest BCUT2D eigenvalue weighted by molar-refractivity contribution is 0.470. The minimum atomic E-state index is 0.414. The molecule has 3 rings (SSSR count). The van der Waals surface area contributed by atoms with Gasteiger partial charge in [0.05, 0.1) is 14.6 Å². The van der Waals surface area contributed by atoms with Crippen LogP contribution in [0.4, 0.5) is 0 Å². The zero-order valence-electron chi connectivity index (χ0n) is 12.3. The second kappa shape index (κ2) is 5.96. The van der Waals surface area contributed by atoms with E-state index in [4.69, 9.17) is 4.42 Å². The van der Waals surface area contributed by atoms with Crippen molar-refractivity contribution in [3.8, 4) is 11.6 Å². The first-order valence-corrected chi connectivity index (χ1v) is 8.25. The Morgan fingerprint density at radius 3 is 2.55 bits per heavy atom. The monoisotopic (exact) mass is 428 g/mol. The van der Waals surface area contributed by atoms with Gasteiger partial charge in [-0.05, 0) is 45.7 Å². The first kappa shape index (κ1) is 15.4. The standard InChI is InChI=1S/C13H14Br2N6O/c1-7-11(15)8(2)21(18-7)5-4-10-16-17-13(22-10)12-9(14)6-20(3)19-12/h6H,4-5H2,1-3H3. The van der Waals surface area contributed by atoms with Gasteiger partial charge in [0.1, 0.15) is 0 Å². The largest absolute Gasteiger partial charge is 0.419 e. The fourth-order valence-corrected chi connectivity index (χ4v) is 2.98. The van der Waals surface area contributed by atoms with Gasteiger partial charge in [-0.15, -0.1) is 10.2 Å². The van der Waals surface area contributed by atoms with Crippen molar-refractivity contribution < 1.29 is 4.42 Å². The van der Waals surface area contributed by atoms with Crippen molar-refractivity contribution >= 4 is 31.9 Å². The summed E-state index contributed by atoms with van der Waals surface area (Å²) in [6, 6.07) is 0. The molecular weight excluding hydrogens is 416 g/mol. The maximum absolute atomic E-state index is 5.68. The Kier molecular flexibility index (Phi) is 4.18. The third-order valence-electron chi connectivity index (χ3n) is 3.28. The molecule has 0 atom stereocenters. The summed E-state index contributed by atoms with van der Waals surface area (Å²) in [6.45, 7) is 4.68. The molecule has 3 aromatic rings. The van der Waals surface area contributed by atoms with E-state index in [-0.39, 0.29) is 0 Å². The molecule has 116 valence electrons. The molecule has 22 heavy (non-hydrogen) atoms. The van der Waals surface area contributed by atoms with Gasteiger partial charge < -0.3 is 4.42 Å². The Labute approximate surface area is 144 Å². The summed E-state index contributed by atoms with van der Waals surface area (Å²) in [5, 5.41) is 16.9. The highest BCUT2D eigenvalue weighted by Gasteiger charge is 2.16. The van der Waals surface area contributed by atoms with Gasteiger partial charge in [0, 0.05) is 31.9 Å². The van der Waals surface area contributed by atoms with Crippen LogP contribution >= 0.6 is 31.9 Å². The van der Waals surface area contributed by atoms with Crippen LogP contribution in [-0.4, -0.2) is 29.8 Å². The normalized spacial score (nSPS) is 11.3. The molecule has 0 spiro atoms. The Bertz CT molecular complexity index is 819. The van der Waals surface area contributed by atoms with Crippen LogP contribution in [0.1, 0.15) is 17.3 Å². The average Bonchev–Trinajstić information content (AvgIpc) is 3.12. The highest BCUT2D eigenvalue weighted by molar-refractivity contribution is 9.10. The lowest BCUT2D eigenvalue weighted by Crippen LogP contribution is -2.05. The molecule has 0 bridgehead atoms. The number of nitrogens with zero attached hydrogens (tertiary/aromatic N) is 6. The molecule has 9 heteroatoms. The number of halogens is 2. The van der Waals surface area contributed by atoms with E-state index in [1.807, 2.05) is 31.8 Å². The van der Waals surface area contributed by atoms with Crippen LogP contribution in [-0.2, 0) is 20.0 Å². The highest BCUT2D eigenvalue weighted by Crippen LogP contribution is 2.25. The number of rotatable bonds is 4. The van der Waals surface area contributed by atoms with Crippen LogP contribution in [0.25, 0.3) is 11.6 Å². The summed E-state index contributed by atoms with van der Waals surface area (Å²) >= 11 is 6.95. The zero-order chi connectivity index (χ0) is 15.9. The van der Waals surface area contributed by atoms with Gasteiger partial charge in [0.15, 0.2) is 5.69 Å². The third-order valence-corrected chi connectivity index (χ3v) is 5.01. The molecule has 3 aromatic heterocycles. The quantitative estimate of drug-likeness (QED) is 0.637. The second-order valence-corrected chi connectivity index (χ2v) is 6.61. The summed E-state index contributed by atoms with van der Waals surface area (Å²) in [5.41, 5.74) is 2.71. The molecule has 3 heterocycles. The predicted molar refractivity (Wildman–Crippen MR) is 87.3 cm³/mol. The maximum Gasteiger partial charge on any atom is 0.269 e. The van der Waals surface area contributed by atoms with Crippen molar-refractivity contribution in [3.05, 3.63) is 32.4 Å². The minimum Gasteiger partial charge on any atom is -0.419 e. The molecule has 0 radical (unpaired) electrons. The third kappa shape index (κ3) is 2.87. The summed E-state index contributed by atoms with van der Waals surface area (Å²) in [4.78, 5) is 0. The molecule has 0 aliphatic carbocycles. The van der Waals surface area contributed by atoms with Crippen molar-refractivity contribution in [2.24, 2.45) is 7.05 Å². The maximum atomic E-state index is 5.68. The molecular formula is C13H14Br2N6O. The van der Waals surface area contributed by atoms with Crippen LogP contribution in [0.2, 0.25) is 0 Å². The van der Waals surface area contributed by atoms with E-state index in [2.05, 4.69) is 52.3 Å². The smallest absolute Gasteiger partial charge is 0.269 e. The van der Waals surface area contributed by atoms with Gasteiger partial charge in [-0.2, -0.15) is 10.2 Å². The number of hydrogen-bond acceptors (Lipinski definition) is 5. The van der Waals surface area contributed by atoms with E-state index in [1.165, 1.54) is 0 Å². The number of aromatic nitrogens is 6. The molecule has 0 aliphatic heterocycles. The Balaban J connectivity index is 1.75. The SMILES string of the molecule is Cc1nn(CCc2nnc(-c3nn(C)cc3Br)o2)c(C)c1Br. The molecule has 0 aromatic carbocycles. The van der Waals surface area contributed by atoms with Crippen molar-refractivity contribution in [1.29, 1.82) is 0 Å². The minimum absolute atomic E-state index is 0.414. The molecule has 7 nitrogen and oxygen atoms in total. The predicted octanol–water partition coefficient (Wildman–Crippen LogP) is 3.05. The number of hydrogen-bond donors (Lipinski definition) is 0. The van der Waals surface area contributed by atoms with Crippen molar-refractivity contribution in [2.45, 2.75) is 26.8 Å². The van der Waals surface area contributed by atoms with E-state index in [1.54, 1.807) is 4.68 Å². The van der Waals surface area contributed by atoms with E-state index in [0.717, 1.165) is 20.3 Å². The average molecular weight is 430 g/mol. The first-order chi connectivity index (χ1) is 10.5. The first-order valence-electron chi connectivity index (χ1n) is 6.67. The van der Waals surface area contributed by atoms with Crippen LogP contribution in [0.15, 0.2) is 19.6 Å². The lowest BCUT2D eigenvalue weighted by Gasteiger charge is -2.01. The Hall–Kier alpha value is -1.48. The zero-order valence-corrected chi connectivity index (χ0v) is 15.5. The van der Waals surface area contributed by atoms with Gasteiger partial charge in [-0.3, -0.25) is 9.36 Å². The fraction of sp³-hybridized carbons (Fsp3) is 0.385. The Morgan fingerprint density at radius 2 is 1.95 bits per heavy atom. The van der Waals surface area contributed by atoms with Gasteiger partial charge in [-0.25, -0.2) is 0 Å². The topological polar surface area (TPSA) is 74.6 Å². The van der Waals surface area contributed by atoms with Crippen molar-refractivity contribution in [1.82, 2.24) is 29.8 Å². The van der Waals surface area contributed by atoms with Crippen molar-refractivity contribution in [2.75, 3.05) is 0 Å². The van der Waals surface area contributed by atoms with E-state index in [9.17, 15) is 0 Å². The van der Waals surface area contributed by atoms with Gasteiger partial charge in [0.25, 0.3) is 5.89 Å². The van der Waals surface area contributed by atoms with Crippen LogP contribution in [0.5, 0.6) is 0 Å².